The van der Waals surface area contributed by atoms with Gasteiger partial charge in [-0.3, -0.25) is 0 Å². The minimum Gasteiger partial charge on any atom is -0.320 e. The molecule has 106 valence electrons. The fourth-order valence-electron chi connectivity index (χ4n) is 1.60. The first-order valence-corrected chi connectivity index (χ1v) is 8.07. The number of hydrogen-bond donors (Lipinski definition) is 1. The van der Waals surface area contributed by atoms with Crippen LogP contribution in [0.4, 0.5) is 0 Å². The summed E-state index contributed by atoms with van der Waals surface area (Å²) in [5.74, 6) is 0.827. The van der Waals surface area contributed by atoms with Crippen molar-refractivity contribution in [3.63, 3.8) is 0 Å². The van der Waals surface area contributed by atoms with Crippen LogP contribution in [-0.4, -0.2) is 19.5 Å². The van der Waals surface area contributed by atoms with Crippen molar-refractivity contribution in [1.29, 1.82) is 0 Å². The molecule has 0 bridgehead atoms. The highest BCUT2D eigenvalue weighted by Crippen LogP contribution is 2.05. The molecule has 0 radical (unpaired) electrons. The largest absolute Gasteiger partial charge is 0.320 e. The van der Waals surface area contributed by atoms with Gasteiger partial charge in [0.1, 0.15) is 0 Å². The molecule has 0 aromatic rings. The summed E-state index contributed by atoms with van der Waals surface area (Å²) < 4.78 is 0. The molecule has 0 saturated heterocycles. The monoisotopic (exact) mass is 263 g/mol. The third-order valence-corrected chi connectivity index (χ3v) is 3.03. The highest BCUT2D eigenvalue weighted by molar-refractivity contribution is 6.17. The van der Waals surface area contributed by atoms with E-state index in [0.29, 0.717) is 0 Å². The summed E-state index contributed by atoms with van der Waals surface area (Å²) in [4.78, 5) is 0. The molecule has 0 spiro atoms. The molecule has 0 aliphatic rings. The van der Waals surface area contributed by atoms with Crippen molar-refractivity contribution in [3.05, 3.63) is 0 Å². The Morgan fingerprint density at radius 1 is 0.706 bits per heavy atom. The summed E-state index contributed by atoms with van der Waals surface area (Å²) in [7, 11) is 2.02. The summed E-state index contributed by atoms with van der Waals surface area (Å²) in [6, 6.07) is 0. The van der Waals surface area contributed by atoms with Crippen molar-refractivity contribution < 1.29 is 0 Å². The molecule has 0 aromatic carbocycles. The quantitative estimate of drug-likeness (QED) is 0.390. The van der Waals surface area contributed by atoms with Gasteiger partial charge in [-0.15, -0.1) is 11.6 Å². The van der Waals surface area contributed by atoms with E-state index in [1.165, 1.54) is 70.8 Å². The Kier molecular flexibility index (Phi) is 24.8. The van der Waals surface area contributed by atoms with Crippen LogP contribution in [0.2, 0.25) is 0 Å². The maximum absolute atomic E-state index is 5.38. The van der Waals surface area contributed by atoms with Gasteiger partial charge in [0.25, 0.3) is 0 Å². The lowest BCUT2D eigenvalue weighted by Crippen LogP contribution is -2.06. The average Bonchev–Trinajstić information content (AvgIpc) is 2.36. The predicted molar refractivity (Wildman–Crippen MR) is 82.2 cm³/mol. The molecular weight excluding hydrogens is 230 g/mol. The van der Waals surface area contributed by atoms with Crippen LogP contribution in [0.3, 0.4) is 0 Å². The maximum atomic E-state index is 5.38. The molecule has 0 aromatic heterocycles. The van der Waals surface area contributed by atoms with Crippen molar-refractivity contribution in [1.82, 2.24) is 5.32 Å². The topological polar surface area (TPSA) is 12.0 Å². The first kappa shape index (κ1) is 19.6. The first-order valence-electron chi connectivity index (χ1n) is 7.54. The first-order chi connectivity index (χ1) is 8.33. The number of rotatable bonds is 11. The van der Waals surface area contributed by atoms with Crippen LogP contribution in [0.15, 0.2) is 0 Å². The van der Waals surface area contributed by atoms with E-state index in [4.69, 9.17) is 11.6 Å². The molecular formula is C15H34ClN. The molecule has 0 aliphatic heterocycles. The Morgan fingerprint density at radius 3 is 1.59 bits per heavy atom. The van der Waals surface area contributed by atoms with Gasteiger partial charge in [0.2, 0.25) is 0 Å². The SMILES string of the molecule is CCCCCCCCCNC.CCCCCCl. The van der Waals surface area contributed by atoms with E-state index in [1.54, 1.807) is 0 Å². The number of alkyl halides is 1. The van der Waals surface area contributed by atoms with Gasteiger partial charge in [-0.2, -0.15) is 0 Å². The maximum Gasteiger partial charge on any atom is 0.0223 e. The molecule has 1 N–H and O–H groups in total. The van der Waals surface area contributed by atoms with Crippen molar-refractivity contribution in [2.24, 2.45) is 0 Å². The number of nitrogens with one attached hydrogen (secondary N) is 1. The highest BCUT2D eigenvalue weighted by atomic mass is 35.5. The Bertz CT molecular complexity index is 95.1. The molecule has 0 unspecified atom stereocenters. The van der Waals surface area contributed by atoms with Crippen LogP contribution in [0.5, 0.6) is 0 Å². The summed E-state index contributed by atoms with van der Waals surface area (Å²) in [5.41, 5.74) is 0. The zero-order valence-electron chi connectivity index (χ0n) is 12.4. The van der Waals surface area contributed by atoms with E-state index in [-0.39, 0.29) is 0 Å². The van der Waals surface area contributed by atoms with Gasteiger partial charge in [-0.05, 0) is 26.4 Å². The van der Waals surface area contributed by atoms with Gasteiger partial charge < -0.3 is 5.32 Å². The standard InChI is InChI=1S/C10H23N.C5H11Cl/c1-3-4-5-6-7-8-9-10-11-2;1-2-3-4-5-6/h11H,3-10H2,1-2H3;2-5H2,1H3. The van der Waals surface area contributed by atoms with Crippen LogP contribution in [-0.2, 0) is 0 Å². The molecule has 2 heteroatoms. The minimum atomic E-state index is 0.827. The molecule has 0 amide bonds. The van der Waals surface area contributed by atoms with E-state index >= 15 is 0 Å². The molecule has 0 heterocycles. The fraction of sp³-hybridized carbons (Fsp3) is 1.00. The van der Waals surface area contributed by atoms with E-state index in [2.05, 4.69) is 19.2 Å². The molecule has 17 heavy (non-hydrogen) atoms. The van der Waals surface area contributed by atoms with Gasteiger partial charge >= 0.3 is 0 Å². The van der Waals surface area contributed by atoms with E-state index < -0.39 is 0 Å². The summed E-state index contributed by atoms with van der Waals surface area (Å²) >= 11 is 5.38. The van der Waals surface area contributed by atoms with Gasteiger partial charge in [-0.1, -0.05) is 65.2 Å². The summed E-state index contributed by atoms with van der Waals surface area (Å²) in [6.07, 6.45) is 13.6. The van der Waals surface area contributed by atoms with Crippen LogP contribution >= 0.6 is 11.6 Å². The molecule has 0 rings (SSSR count). The summed E-state index contributed by atoms with van der Waals surface area (Å²) in [6.45, 7) is 5.63. The van der Waals surface area contributed by atoms with E-state index in [1.807, 2.05) is 7.05 Å². The van der Waals surface area contributed by atoms with Crippen molar-refractivity contribution in [2.45, 2.75) is 78.1 Å². The van der Waals surface area contributed by atoms with Crippen LogP contribution in [0.25, 0.3) is 0 Å². The Hall–Kier alpha value is 0.250. The average molecular weight is 264 g/mol. The fourth-order valence-corrected chi connectivity index (χ4v) is 1.79. The second-order valence-corrected chi connectivity index (χ2v) is 5.00. The Morgan fingerprint density at radius 2 is 1.18 bits per heavy atom. The van der Waals surface area contributed by atoms with E-state index in [9.17, 15) is 0 Å². The van der Waals surface area contributed by atoms with Crippen molar-refractivity contribution >= 4 is 11.6 Å². The van der Waals surface area contributed by atoms with Gasteiger partial charge in [0, 0.05) is 5.88 Å². The molecule has 0 saturated carbocycles. The third kappa shape index (κ3) is 26.1. The molecule has 0 atom stereocenters. The van der Waals surface area contributed by atoms with Gasteiger partial charge in [0.15, 0.2) is 0 Å². The third-order valence-electron chi connectivity index (χ3n) is 2.77. The predicted octanol–water partition coefficient (Wildman–Crippen LogP) is 5.37. The minimum absolute atomic E-state index is 0.827. The molecule has 1 nitrogen and oxygen atoms in total. The zero-order chi connectivity index (χ0) is 13.2. The smallest absolute Gasteiger partial charge is 0.0223 e. The number of unbranched alkanes of at least 4 members (excludes halogenated alkanes) is 8. The van der Waals surface area contributed by atoms with Crippen LogP contribution < -0.4 is 5.32 Å². The highest BCUT2D eigenvalue weighted by Gasteiger charge is 1.88. The lowest BCUT2D eigenvalue weighted by molar-refractivity contribution is 0.578. The van der Waals surface area contributed by atoms with Crippen molar-refractivity contribution in [3.8, 4) is 0 Å². The Balaban J connectivity index is 0. The van der Waals surface area contributed by atoms with Gasteiger partial charge in [-0.25, -0.2) is 0 Å². The van der Waals surface area contributed by atoms with Crippen LogP contribution in [0.1, 0.15) is 78.1 Å². The normalized spacial score (nSPS) is 9.88. The van der Waals surface area contributed by atoms with Crippen molar-refractivity contribution in [2.75, 3.05) is 19.5 Å². The molecule has 0 aliphatic carbocycles. The lowest BCUT2D eigenvalue weighted by Gasteiger charge is -1.99. The van der Waals surface area contributed by atoms with E-state index in [0.717, 1.165) is 5.88 Å². The molecule has 0 fully saturated rings. The Labute approximate surface area is 115 Å². The zero-order valence-corrected chi connectivity index (χ0v) is 13.1. The second kappa shape index (κ2) is 21.5. The lowest BCUT2D eigenvalue weighted by atomic mass is 10.1. The number of hydrogen-bond acceptors (Lipinski definition) is 1. The van der Waals surface area contributed by atoms with Gasteiger partial charge in [0.05, 0.1) is 0 Å². The summed E-state index contributed by atoms with van der Waals surface area (Å²) in [5, 5.41) is 3.17. The number of halogens is 1. The second-order valence-electron chi connectivity index (χ2n) is 4.62. The van der Waals surface area contributed by atoms with Crippen LogP contribution in [0, 0.1) is 0 Å².